The van der Waals surface area contributed by atoms with E-state index in [4.69, 9.17) is 15.0 Å². The number of rotatable bonds is 7. The third-order valence-electron chi connectivity index (χ3n) is 7.82. The van der Waals surface area contributed by atoms with Gasteiger partial charge in [0.25, 0.3) is 0 Å². The van der Waals surface area contributed by atoms with Crippen molar-refractivity contribution in [3.63, 3.8) is 0 Å². The molecule has 0 spiro atoms. The largest absolute Gasteiger partial charge is 0.488 e. The lowest BCUT2D eigenvalue weighted by molar-refractivity contribution is 0.426. The highest BCUT2D eigenvalue weighted by Gasteiger charge is 2.14. The van der Waals surface area contributed by atoms with Crippen LogP contribution in [0.25, 0.3) is 67.5 Å². The normalized spacial score (nSPS) is 10.9. The standard InChI is InChI=1S/C39H28BN3O2/c44-40(45)36-25-23-32(24-26-36)31-15-21-35(22-16-31)39-42-37(33-17-11-29(12-18-33)27-7-3-1-4-8-27)41-38(43-39)34-19-13-30(14-20-34)28-9-5-2-6-10-28/h1-26,44-45H. The van der Waals surface area contributed by atoms with E-state index in [1.165, 1.54) is 0 Å². The van der Waals surface area contributed by atoms with Crippen LogP contribution in [0.4, 0.5) is 0 Å². The van der Waals surface area contributed by atoms with Crippen LogP contribution in [0.1, 0.15) is 0 Å². The fraction of sp³-hybridized carbons (Fsp3) is 0. The molecular formula is C39H28BN3O2. The summed E-state index contributed by atoms with van der Waals surface area (Å²) in [4.78, 5) is 14.8. The van der Waals surface area contributed by atoms with Gasteiger partial charge in [-0.1, -0.05) is 158 Å². The molecule has 6 aromatic carbocycles. The average Bonchev–Trinajstić information content (AvgIpc) is 3.12. The monoisotopic (exact) mass is 581 g/mol. The second kappa shape index (κ2) is 12.5. The first kappa shape index (κ1) is 28.1. The van der Waals surface area contributed by atoms with Gasteiger partial charge in [0.05, 0.1) is 0 Å². The fourth-order valence-electron chi connectivity index (χ4n) is 5.31. The van der Waals surface area contributed by atoms with Crippen molar-refractivity contribution in [1.82, 2.24) is 15.0 Å². The smallest absolute Gasteiger partial charge is 0.423 e. The first-order chi connectivity index (χ1) is 22.1. The number of benzene rings is 6. The van der Waals surface area contributed by atoms with Gasteiger partial charge in [0.2, 0.25) is 0 Å². The molecular weight excluding hydrogens is 553 g/mol. The average molecular weight is 581 g/mol. The van der Waals surface area contributed by atoms with E-state index >= 15 is 0 Å². The molecule has 0 amide bonds. The third-order valence-corrected chi connectivity index (χ3v) is 7.82. The molecule has 0 saturated carbocycles. The van der Waals surface area contributed by atoms with Crippen LogP contribution in [0.3, 0.4) is 0 Å². The van der Waals surface area contributed by atoms with Gasteiger partial charge >= 0.3 is 7.12 Å². The third kappa shape index (κ3) is 6.19. The van der Waals surface area contributed by atoms with Crippen LogP contribution in [-0.4, -0.2) is 32.1 Å². The number of nitrogens with zero attached hydrogens (tertiary/aromatic N) is 3. The minimum atomic E-state index is -1.49. The van der Waals surface area contributed by atoms with Crippen LogP contribution in [0.2, 0.25) is 0 Å². The Bertz CT molecular complexity index is 1930. The summed E-state index contributed by atoms with van der Waals surface area (Å²) in [5, 5.41) is 18.9. The maximum absolute atomic E-state index is 9.43. The molecule has 6 heteroatoms. The lowest BCUT2D eigenvalue weighted by Crippen LogP contribution is -2.29. The van der Waals surface area contributed by atoms with Crippen molar-refractivity contribution in [2.45, 2.75) is 0 Å². The second-order valence-electron chi connectivity index (χ2n) is 10.8. The molecule has 0 saturated heterocycles. The fourth-order valence-corrected chi connectivity index (χ4v) is 5.31. The Morgan fingerprint density at radius 2 is 0.533 bits per heavy atom. The van der Waals surface area contributed by atoms with E-state index in [9.17, 15) is 10.0 Å². The number of hydrogen-bond acceptors (Lipinski definition) is 5. The minimum absolute atomic E-state index is 0.453. The molecule has 7 rings (SSSR count). The van der Waals surface area contributed by atoms with E-state index in [-0.39, 0.29) is 0 Å². The second-order valence-corrected chi connectivity index (χ2v) is 10.8. The molecule has 1 heterocycles. The highest BCUT2D eigenvalue weighted by molar-refractivity contribution is 6.58. The molecule has 0 bridgehead atoms. The Morgan fingerprint density at radius 3 is 0.822 bits per heavy atom. The SMILES string of the molecule is OB(O)c1ccc(-c2ccc(-c3nc(-c4ccc(-c5ccccc5)cc4)nc(-c4ccc(-c5ccccc5)cc4)n3)cc2)cc1. The summed E-state index contributed by atoms with van der Waals surface area (Å²) < 4.78 is 0. The van der Waals surface area contributed by atoms with Crippen molar-refractivity contribution in [3.8, 4) is 67.5 Å². The summed E-state index contributed by atoms with van der Waals surface area (Å²) >= 11 is 0. The van der Waals surface area contributed by atoms with E-state index < -0.39 is 7.12 Å². The molecule has 0 fully saturated rings. The first-order valence-electron chi connectivity index (χ1n) is 14.8. The molecule has 5 nitrogen and oxygen atoms in total. The molecule has 2 N–H and O–H groups in total. The Kier molecular flexibility index (Phi) is 7.81. The van der Waals surface area contributed by atoms with Gasteiger partial charge in [-0.2, -0.15) is 0 Å². The predicted molar refractivity (Wildman–Crippen MR) is 182 cm³/mol. The van der Waals surface area contributed by atoms with Crippen molar-refractivity contribution in [3.05, 3.63) is 158 Å². The van der Waals surface area contributed by atoms with Crippen molar-refractivity contribution in [2.75, 3.05) is 0 Å². The molecule has 0 atom stereocenters. The zero-order valence-corrected chi connectivity index (χ0v) is 24.3. The Balaban J connectivity index is 1.26. The highest BCUT2D eigenvalue weighted by Crippen LogP contribution is 2.29. The van der Waals surface area contributed by atoms with Gasteiger partial charge in [-0.3, -0.25) is 0 Å². The first-order valence-corrected chi connectivity index (χ1v) is 14.8. The molecule has 0 unspecified atom stereocenters. The van der Waals surface area contributed by atoms with Crippen LogP contribution >= 0.6 is 0 Å². The summed E-state index contributed by atoms with van der Waals surface area (Å²) in [6.07, 6.45) is 0. The minimum Gasteiger partial charge on any atom is -0.423 e. The molecule has 214 valence electrons. The van der Waals surface area contributed by atoms with Crippen LogP contribution in [0.15, 0.2) is 158 Å². The van der Waals surface area contributed by atoms with Crippen LogP contribution in [-0.2, 0) is 0 Å². The predicted octanol–water partition coefficient (Wildman–Crippen LogP) is 7.55. The van der Waals surface area contributed by atoms with Crippen molar-refractivity contribution < 1.29 is 10.0 Å². The Labute approximate surface area is 262 Å². The number of hydrogen-bond donors (Lipinski definition) is 2. The van der Waals surface area contributed by atoms with Gasteiger partial charge in [0.15, 0.2) is 17.5 Å². The van der Waals surface area contributed by atoms with E-state index in [0.717, 1.165) is 50.1 Å². The van der Waals surface area contributed by atoms with E-state index in [0.29, 0.717) is 22.9 Å². The molecule has 0 aliphatic carbocycles. The van der Waals surface area contributed by atoms with E-state index in [1.807, 2.05) is 72.8 Å². The lowest BCUT2D eigenvalue weighted by atomic mass is 9.80. The van der Waals surface area contributed by atoms with Gasteiger partial charge in [-0.15, -0.1) is 0 Å². The Morgan fingerprint density at radius 1 is 0.289 bits per heavy atom. The molecule has 0 aliphatic heterocycles. The summed E-state index contributed by atoms with van der Waals surface area (Å²) in [5.41, 5.74) is 9.67. The van der Waals surface area contributed by atoms with Gasteiger partial charge in [0.1, 0.15) is 0 Å². The van der Waals surface area contributed by atoms with Gasteiger partial charge in [0, 0.05) is 16.7 Å². The van der Waals surface area contributed by atoms with Crippen molar-refractivity contribution in [1.29, 1.82) is 0 Å². The molecule has 45 heavy (non-hydrogen) atoms. The highest BCUT2D eigenvalue weighted by atomic mass is 16.4. The lowest BCUT2D eigenvalue weighted by Gasteiger charge is -2.10. The van der Waals surface area contributed by atoms with Crippen LogP contribution < -0.4 is 5.46 Å². The van der Waals surface area contributed by atoms with Crippen molar-refractivity contribution >= 4 is 12.6 Å². The molecule has 0 aliphatic rings. The zero-order chi connectivity index (χ0) is 30.6. The van der Waals surface area contributed by atoms with Crippen LogP contribution in [0, 0.1) is 0 Å². The van der Waals surface area contributed by atoms with E-state index in [2.05, 4.69) is 72.8 Å². The molecule has 1 aromatic heterocycles. The summed E-state index contributed by atoms with van der Waals surface area (Å²) in [6, 6.07) is 52.4. The summed E-state index contributed by atoms with van der Waals surface area (Å²) in [6.45, 7) is 0. The maximum Gasteiger partial charge on any atom is 0.488 e. The maximum atomic E-state index is 9.43. The van der Waals surface area contributed by atoms with Crippen LogP contribution in [0.5, 0.6) is 0 Å². The van der Waals surface area contributed by atoms with Gasteiger partial charge in [-0.25, -0.2) is 15.0 Å². The molecule has 7 aromatic rings. The van der Waals surface area contributed by atoms with Gasteiger partial charge < -0.3 is 10.0 Å². The molecule has 0 radical (unpaired) electrons. The topological polar surface area (TPSA) is 79.1 Å². The summed E-state index contributed by atoms with van der Waals surface area (Å²) in [7, 11) is -1.49. The zero-order valence-electron chi connectivity index (χ0n) is 24.3. The number of aromatic nitrogens is 3. The van der Waals surface area contributed by atoms with E-state index in [1.54, 1.807) is 12.1 Å². The Hall–Kier alpha value is -5.69. The quantitative estimate of drug-likeness (QED) is 0.190. The van der Waals surface area contributed by atoms with Crippen molar-refractivity contribution in [2.24, 2.45) is 0 Å². The van der Waals surface area contributed by atoms with Gasteiger partial charge in [-0.05, 0) is 38.8 Å². The summed E-state index contributed by atoms with van der Waals surface area (Å²) in [5.74, 6) is 1.78.